The van der Waals surface area contributed by atoms with E-state index in [0.29, 0.717) is 22.8 Å². The van der Waals surface area contributed by atoms with E-state index in [2.05, 4.69) is 16.0 Å². The van der Waals surface area contributed by atoms with E-state index in [4.69, 9.17) is 11.6 Å². The lowest BCUT2D eigenvalue weighted by atomic mass is 9.97. The van der Waals surface area contributed by atoms with Gasteiger partial charge in [-0.05, 0) is 30.7 Å². The lowest BCUT2D eigenvalue weighted by Crippen LogP contribution is -2.28. The van der Waals surface area contributed by atoms with Crippen molar-refractivity contribution in [1.82, 2.24) is 10.6 Å². The van der Waals surface area contributed by atoms with Crippen molar-refractivity contribution in [2.45, 2.75) is 6.92 Å². The van der Waals surface area contributed by atoms with Crippen LogP contribution in [-0.4, -0.2) is 32.0 Å². The van der Waals surface area contributed by atoms with Gasteiger partial charge in [0.2, 0.25) is 5.91 Å². The third kappa shape index (κ3) is 3.11. The van der Waals surface area contributed by atoms with Crippen LogP contribution in [0.3, 0.4) is 0 Å². The van der Waals surface area contributed by atoms with Crippen LogP contribution < -0.4 is 16.0 Å². The van der Waals surface area contributed by atoms with Crippen LogP contribution in [0.2, 0.25) is 5.02 Å². The van der Waals surface area contributed by atoms with Gasteiger partial charge in [-0.25, -0.2) is 0 Å². The second-order valence-electron chi connectivity index (χ2n) is 5.01. The summed E-state index contributed by atoms with van der Waals surface area (Å²) < 4.78 is 0. The number of nitrogens with one attached hydrogen (secondary N) is 3. The van der Waals surface area contributed by atoms with Crippen molar-refractivity contribution >= 4 is 29.1 Å². The van der Waals surface area contributed by atoms with E-state index < -0.39 is 0 Å². The molecule has 2 unspecified atom stereocenters. The summed E-state index contributed by atoms with van der Waals surface area (Å²) >= 11 is 6.07. The van der Waals surface area contributed by atoms with Gasteiger partial charge in [-0.15, -0.1) is 0 Å². The first-order valence-corrected chi connectivity index (χ1v) is 6.94. The zero-order chi connectivity index (χ0) is 14.7. The van der Waals surface area contributed by atoms with E-state index in [1.54, 1.807) is 25.2 Å². The van der Waals surface area contributed by atoms with Gasteiger partial charge in [0.05, 0.1) is 16.6 Å². The van der Waals surface area contributed by atoms with E-state index >= 15 is 0 Å². The van der Waals surface area contributed by atoms with Crippen molar-refractivity contribution in [1.29, 1.82) is 0 Å². The first-order chi connectivity index (χ1) is 9.52. The summed E-state index contributed by atoms with van der Waals surface area (Å²) in [7, 11) is 1.56. The topological polar surface area (TPSA) is 70.2 Å². The highest BCUT2D eigenvalue weighted by atomic mass is 35.5. The molecule has 0 spiro atoms. The van der Waals surface area contributed by atoms with Crippen LogP contribution in [0.1, 0.15) is 17.3 Å². The summed E-state index contributed by atoms with van der Waals surface area (Å²) in [4.78, 5) is 23.8. The number of hydrogen-bond acceptors (Lipinski definition) is 3. The van der Waals surface area contributed by atoms with Gasteiger partial charge < -0.3 is 16.0 Å². The SMILES string of the molecule is CNC(=O)c1ccc(Cl)c(NC(=O)C2CNCC2C)c1. The molecule has 0 bridgehead atoms. The maximum absolute atomic E-state index is 12.2. The second-order valence-corrected chi connectivity index (χ2v) is 5.41. The normalized spacial score (nSPS) is 21.6. The van der Waals surface area contributed by atoms with E-state index in [0.717, 1.165) is 6.54 Å². The van der Waals surface area contributed by atoms with Gasteiger partial charge in [-0.1, -0.05) is 18.5 Å². The maximum atomic E-state index is 12.2. The van der Waals surface area contributed by atoms with E-state index in [-0.39, 0.29) is 23.7 Å². The lowest BCUT2D eigenvalue weighted by Gasteiger charge is -2.15. The Morgan fingerprint density at radius 2 is 2.10 bits per heavy atom. The summed E-state index contributed by atoms with van der Waals surface area (Å²) in [6.45, 7) is 3.54. The van der Waals surface area contributed by atoms with Gasteiger partial charge in [0.1, 0.15) is 0 Å². The summed E-state index contributed by atoms with van der Waals surface area (Å²) in [5.41, 5.74) is 0.932. The van der Waals surface area contributed by atoms with E-state index in [9.17, 15) is 9.59 Å². The maximum Gasteiger partial charge on any atom is 0.251 e. The van der Waals surface area contributed by atoms with Gasteiger partial charge in [-0.2, -0.15) is 0 Å². The Morgan fingerprint density at radius 1 is 1.35 bits per heavy atom. The number of halogens is 1. The molecule has 6 heteroatoms. The van der Waals surface area contributed by atoms with Gasteiger partial charge in [0, 0.05) is 19.2 Å². The fourth-order valence-corrected chi connectivity index (χ4v) is 2.46. The standard InChI is InChI=1S/C14H18ClN3O2/c1-8-6-17-7-10(8)14(20)18-12-5-9(13(19)16-2)3-4-11(12)15/h3-5,8,10,17H,6-7H2,1-2H3,(H,16,19)(H,18,20). The minimum Gasteiger partial charge on any atom is -0.355 e. The first kappa shape index (κ1) is 14.8. The first-order valence-electron chi connectivity index (χ1n) is 6.56. The zero-order valence-electron chi connectivity index (χ0n) is 11.5. The van der Waals surface area contributed by atoms with Gasteiger partial charge >= 0.3 is 0 Å². The largest absolute Gasteiger partial charge is 0.355 e. The molecular formula is C14H18ClN3O2. The molecule has 0 saturated carbocycles. The van der Waals surface area contributed by atoms with Gasteiger partial charge in [0.25, 0.3) is 5.91 Å². The highest BCUT2D eigenvalue weighted by Crippen LogP contribution is 2.25. The number of rotatable bonds is 3. The van der Waals surface area contributed by atoms with Crippen molar-refractivity contribution in [3.05, 3.63) is 28.8 Å². The Kier molecular flexibility index (Phi) is 4.62. The molecule has 1 heterocycles. The number of amides is 2. The smallest absolute Gasteiger partial charge is 0.251 e. The molecule has 2 rings (SSSR count). The third-order valence-corrected chi connectivity index (χ3v) is 3.90. The molecule has 1 aliphatic heterocycles. The molecule has 1 aromatic rings. The number of carbonyl (C=O) groups excluding carboxylic acids is 2. The van der Waals surface area contributed by atoms with Gasteiger partial charge in [-0.3, -0.25) is 9.59 Å². The molecule has 1 saturated heterocycles. The quantitative estimate of drug-likeness (QED) is 0.791. The summed E-state index contributed by atoms with van der Waals surface area (Å²) in [6, 6.07) is 4.82. The van der Waals surface area contributed by atoms with Crippen molar-refractivity contribution in [3.8, 4) is 0 Å². The van der Waals surface area contributed by atoms with Crippen LogP contribution in [0, 0.1) is 11.8 Å². The highest BCUT2D eigenvalue weighted by molar-refractivity contribution is 6.33. The highest BCUT2D eigenvalue weighted by Gasteiger charge is 2.29. The Morgan fingerprint density at radius 3 is 2.70 bits per heavy atom. The molecule has 20 heavy (non-hydrogen) atoms. The Hall–Kier alpha value is -1.59. The fraction of sp³-hybridized carbons (Fsp3) is 0.429. The van der Waals surface area contributed by atoms with Crippen molar-refractivity contribution in [2.24, 2.45) is 11.8 Å². The second kappa shape index (κ2) is 6.24. The number of benzene rings is 1. The number of anilines is 1. The summed E-state index contributed by atoms with van der Waals surface area (Å²) in [6.07, 6.45) is 0. The fourth-order valence-electron chi connectivity index (χ4n) is 2.29. The van der Waals surface area contributed by atoms with Crippen molar-refractivity contribution in [2.75, 3.05) is 25.5 Å². The minimum atomic E-state index is -0.215. The molecule has 0 aliphatic carbocycles. The molecule has 5 nitrogen and oxygen atoms in total. The molecule has 1 aliphatic rings. The van der Waals surface area contributed by atoms with Gasteiger partial charge in [0.15, 0.2) is 0 Å². The molecule has 1 fully saturated rings. The predicted octanol–water partition coefficient (Wildman–Crippen LogP) is 1.49. The van der Waals surface area contributed by atoms with Crippen LogP contribution in [0.15, 0.2) is 18.2 Å². The molecule has 2 amide bonds. The molecule has 2 atom stereocenters. The molecule has 108 valence electrons. The molecule has 3 N–H and O–H groups in total. The Bertz CT molecular complexity index is 533. The Balaban J connectivity index is 2.16. The average Bonchev–Trinajstić information content (AvgIpc) is 2.86. The zero-order valence-corrected chi connectivity index (χ0v) is 12.3. The minimum absolute atomic E-state index is 0.0709. The van der Waals surface area contributed by atoms with Crippen LogP contribution >= 0.6 is 11.6 Å². The van der Waals surface area contributed by atoms with Crippen LogP contribution in [0.4, 0.5) is 5.69 Å². The number of hydrogen-bond donors (Lipinski definition) is 3. The van der Waals surface area contributed by atoms with E-state index in [1.165, 1.54) is 0 Å². The Labute approximate surface area is 123 Å². The predicted molar refractivity (Wildman–Crippen MR) is 79.0 cm³/mol. The number of carbonyl (C=O) groups is 2. The van der Waals surface area contributed by atoms with Crippen LogP contribution in [0.5, 0.6) is 0 Å². The average molecular weight is 296 g/mol. The van der Waals surface area contributed by atoms with E-state index in [1.807, 2.05) is 6.92 Å². The molecule has 0 aromatic heterocycles. The molecule has 1 aromatic carbocycles. The summed E-state index contributed by atoms with van der Waals surface area (Å²) in [5, 5.41) is 8.95. The van der Waals surface area contributed by atoms with Crippen molar-refractivity contribution in [3.63, 3.8) is 0 Å². The summed E-state index contributed by atoms with van der Waals surface area (Å²) in [5.74, 6) is -0.0721. The van der Waals surface area contributed by atoms with Crippen molar-refractivity contribution < 1.29 is 9.59 Å². The third-order valence-electron chi connectivity index (χ3n) is 3.57. The molecule has 0 radical (unpaired) electrons. The molecular weight excluding hydrogens is 278 g/mol. The van der Waals surface area contributed by atoms with Crippen LogP contribution in [0.25, 0.3) is 0 Å². The monoisotopic (exact) mass is 295 g/mol. The lowest BCUT2D eigenvalue weighted by molar-refractivity contribution is -0.120. The van der Waals surface area contributed by atoms with Crippen LogP contribution in [-0.2, 0) is 4.79 Å².